The number of phenolic OH excluding ortho intramolecular Hbond substituents is 1. The second-order valence-corrected chi connectivity index (χ2v) is 4.52. The van der Waals surface area contributed by atoms with Crippen LogP contribution in [0, 0.1) is 6.92 Å². The molecule has 2 amide bonds. The van der Waals surface area contributed by atoms with Gasteiger partial charge in [0.15, 0.2) is 0 Å². The second-order valence-electron chi connectivity index (χ2n) is 4.52. The van der Waals surface area contributed by atoms with E-state index >= 15 is 0 Å². The van der Waals surface area contributed by atoms with Gasteiger partial charge in [-0.05, 0) is 19.4 Å². The summed E-state index contributed by atoms with van der Waals surface area (Å²) in [6.07, 6.45) is 0.848. The maximum Gasteiger partial charge on any atom is 0.243 e. The number of nitrogens with one attached hydrogen (secondary N) is 2. The largest absolute Gasteiger partial charge is 0.508 e. The van der Waals surface area contributed by atoms with Crippen molar-refractivity contribution in [3.8, 4) is 5.75 Å². The Kier molecular flexibility index (Phi) is 3.62. The Morgan fingerprint density at radius 2 is 2.22 bits per heavy atom. The van der Waals surface area contributed by atoms with Crippen molar-refractivity contribution in [3.05, 3.63) is 29.3 Å². The highest BCUT2D eigenvalue weighted by Gasteiger charge is 2.25. The van der Waals surface area contributed by atoms with Crippen molar-refractivity contribution in [1.82, 2.24) is 10.6 Å². The Bertz CT molecular complexity index is 485. The van der Waals surface area contributed by atoms with E-state index in [1.807, 2.05) is 19.1 Å². The molecule has 0 aromatic heterocycles. The second kappa shape index (κ2) is 5.18. The Morgan fingerprint density at radius 1 is 1.44 bits per heavy atom. The van der Waals surface area contributed by atoms with E-state index < -0.39 is 0 Å². The number of amides is 2. The summed E-state index contributed by atoms with van der Waals surface area (Å²) in [6, 6.07) is 4.96. The normalized spacial score (nSPS) is 19.7. The SMILES string of the molecule is Cc1ccc(O)c(CNC2CCC(=O)NC2=O)c1. The average Bonchev–Trinajstić information content (AvgIpc) is 2.32. The van der Waals surface area contributed by atoms with Gasteiger partial charge < -0.3 is 10.4 Å². The fourth-order valence-electron chi connectivity index (χ4n) is 1.98. The molecule has 0 radical (unpaired) electrons. The highest BCUT2D eigenvalue weighted by molar-refractivity contribution is 6.00. The third-order valence-corrected chi connectivity index (χ3v) is 3.01. The summed E-state index contributed by atoms with van der Waals surface area (Å²) in [7, 11) is 0. The number of carbonyl (C=O) groups is 2. The zero-order valence-corrected chi connectivity index (χ0v) is 10.2. The first-order valence-corrected chi connectivity index (χ1v) is 5.92. The summed E-state index contributed by atoms with van der Waals surface area (Å²) in [5.41, 5.74) is 1.80. The number of carbonyl (C=O) groups excluding carboxylic acids is 2. The summed E-state index contributed by atoms with van der Waals surface area (Å²) in [5, 5.41) is 15.0. The zero-order chi connectivity index (χ0) is 13.1. The van der Waals surface area contributed by atoms with Crippen LogP contribution in [0.1, 0.15) is 24.0 Å². The molecule has 0 saturated carbocycles. The lowest BCUT2D eigenvalue weighted by atomic mass is 10.1. The van der Waals surface area contributed by atoms with Gasteiger partial charge in [0, 0.05) is 18.5 Å². The molecule has 0 spiro atoms. The van der Waals surface area contributed by atoms with Crippen LogP contribution in [0.2, 0.25) is 0 Å². The quantitative estimate of drug-likeness (QED) is 0.684. The molecule has 0 bridgehead atoms. The number of aryl methyl sites for hydroxylation is 1. The molecule has 0 aliphatic carbocycles. The minimum atomic E-state index is -0.373. The predicted octanol–water partition coefficient (Wildman–Crippen LogP) is 0.595. The topological polar surface area (TPSA) is 78.4 Å². The van der Waals surface area contributed by atoms with Crippen molar-refractivity contribution in [3.63, 3.8) is 0 Å². The third kappa shape index (κ3) is 2.87. The van der Waals surface area contributed by atoms with Gasteiger partial charge in [-0.15, -0.1) is 0 Å². The molecule has 1 heterocycles. The molecule has 18 heavy (non-hydrogen) atoms. The number of hydrogen-bond donors (Lipinski definition) is 3. The lowest BCUT2D eigenvalue weighted by molar-refractivity contribution is -0.134. The summed E-state index contributed by atoms with van der Waals surface area (Å²) in [6.45, 7) is 2.34. The van der Waals surface area contributed by atoms with Crippen LogP contribution in [-0.4, -0.2) is 23.0 Å². The molecule has 1 aliphatic heterocycles. The molecule has 1 saturated heterocycles. The van der Waals surface area contributed by atoms with Gasteiger partial charge in [-0.2, -0.15) is 0 Å². The standard InChI is InChI=1S/C13H16N2O3/c1-8-2-4-11(16)9(6-8)7-14-10-3-5-12(17)15-13(10)18/h2,4,6,10,14,16H,3,5,7H2,1H3,(H,15,17,18). The van der Waals surface area contributed by atoms with Crippen LogP contribution < -0.4 is 10.6 Å². The lowest BCUT2D eigenvalue weighted by Gasteiger charge is -2.22. The number of imide groups is 1. The van der Waals surface area contributed by atoms with Gasteiger partial charge in [-0.3, -0.25) is 14.9 Å². The van der Waals surface area contributed by atoms with Crippen LogP contribution in [0.25, 0.3) is 0 Å². The molecule has 3 N–H and O–H groups in total. The molecular weight excluding hydrogens is 232 g/mol. The van der Waals surface area contributed by atoms with E-state index in [9.17, 15) is 14.7 Å². The highest BCUT2D eigenvalue weighted by Crippen LogP contribution is 2.18. The lowest BCUT2D eigenvalue weighted by Crippen LogP contribution is -2.50. The minimum absolute atomic E-state index is 0.209. The van der Waals surface area contributed by atoms with Crippen LogP contribution in [0.5, 0.6) is 5.75 Å². The minimum Gasteiger partial charge on any atom is -0.508 e. The number of aromatic hydroxyl groups is 1. The summed E-state index contributed by atoms with van der Waals surface area (Å²) < 4.78 is 0. The molecule has 2 rings (SSSR count). The Hall–Kier alpha value is -1.88. The fraction of sp³-hybridized carbons (Fsp3) is 0.385. The van der Waals surface area contributed by atoms with Gasteiger partial charge >= 0.3 is 0 Å². The van der Waals surface area contributed by atoms with Crippen molar-refractivity contribution in [2.75, 3.05) is 0 Å². The van der Waals surface area contributed by atoms with Crippen LogP contribution in [-0.2, 0) is 16.1 Å². The Labute approximate surface area is 105 Å². The average molecular weight is 248 g/mol. The summed E-state index contributed by atoms with van der Waals surface area (Å²) >= 11 is 0. The molecule has 5 heteroatoms. The van der Waals surface area contributed by atoms with Crippen LogP contribution in [0.4, 0.5) is 0 Å². The summed E-state index contributed by atoms with van der Waals surface area (Å²) in [5.74, 6) is -0.310. The summed E-state index contributed by atoms with van der Waals surface area (Å²) in [4.78, 5) is 22.5. The van der Waals surface area contributed by atoms with Crippen LogP contribution in [0.3, 0.4) is 0 Å². The molecule has 5 nitrogen and oxygen atoms in total. The van der Waals surface area contributed by atoms with Gasteiger partial charge in [0.2, 0.25) is 11.8 Å². The number of phenols is 1. The van der Waals surface area contributed by atoms with Crippen LogP contribution >= 0.6 is 0 Å². The first kappa shape index (κ1) is 12.6. The Morgan fingerprint density at radius 3 is 2.94 bits per heavy atom. The smallest absolute Gasteiger partial charge is 0.243 e. The Balaban J connectivity index is 1.97. The van der Waals surface area contributed by atoms with Crippen molar-refractivity contribution in [2.24, 2.45) is 0 Å². The number of rotatable bonds is 3. The van der Waals surface area contributed by atoms with E-state index in [4.69, 9.17) is 0 Å². The zero-order valence-electron chi connectivity index (χ0n) is 10.2. The van der Waals surface area contributed by atoms with E-state index in [0.717, 1.165) is 11.1 Å². The molecular formula is C13H16N2O3. The molecule has 1 atom stereocenters. The van der Waals surface area contributed by atoms with Gasteiger partial charge in [0.25, 0.3) is 0 Å². The van der Waals surface area contributed by atoms with Gasteiger partial charge in [-0.25, -0.2) is 0 Å². The monoisotopic (exact) mass is 248 g/mol. The van der Waals surface area contributed by atoms with E-state index in [2.05, 4.69) is 10.6 Å². The molecule has 96 valence electrons. The molecule has 1 aliphatic rings. The fourth-order valence-corrected chi connectivity index (χ4v) is 1.98. The third-order valence-electron chi connectivity index (χ3n) is 3.01. The van der Waals surface area contributed by atoms with Crippen molar-refractivity contribution >= 4 is 11.8 Å². The first-order chi connectivity index (χ1) is 8.56. The first-order valence-electron chi connectivity index (χ1n) is 5.92. The van der Waals surface area contributed by atoms with Crippen LogP contribution in [0.15, 0.2) is 18.2 Å². The van der Waals surface area contributed by atoms with E-state index in [1.54, 1.807) is 6.07 Å². The molecule has 1 aromatic carbocycles. The molecule has 1 fully saturated rings. The maximum atomic E-state index is 11.5. The predicted molar refractivity (Wildman–Crippen MR) is 65.9 cm³/mol. The number of hydrogen-bond acceptors (Lipinski definition) is 4. The van der Waals surface area contributed by atoms with Gasteiger partial charge in [0.05, 0.1) is 6.04 Å². The van der Waals surface area contributed by atoms with E-state index in [0.29, 0.717) is 19.4 Å². The number of benzene rings is 1. The molecule has 1 aromatic rings. The van der Waals surface area contributed by atoms with E-state index in [-0.39, 0.29) is 23.6 Å². The van der Waals surface area contributed by atoms with Gasteiger partial charge in [-0.1, -0.05) is 17.7 Å². The van der Waals surface area contributed by atoms with Gasteiger partial charge in [0.1, 0.15) is 5.75 Å². The molecule has 1 unspecified atom stereocenters. The number of piperidine rings is 1. The van der Waals surface area contributed by atoms with Crippen molar-refractivity contribution in [2.45, 2.75) is 32.4 Å². The maximum absolute atomic E-state index is 11.5. The van der Waals surface area contributed by atoms with E-state index in [1.165, 1.54) is 0 Å². The van der Waals surface area contributed by atoms with Crippen molar-refractivity contribution in [1.29, 1.82) is 0 Å². The highest BCUT2D eigenvalue weighted by atomic mass is 16.3. The van der Waals surface area contributed by atoms with Crippen molar-refractivity contribution < 1.29 is 14.7 Å².